The van der Waals surface area contributed by atoms with Gasteiger partial charge < -0.3 is 16.8 Å². The SMILES string of the molecule is C#CN.CC.CC.CCC.CCC.CCCN=Cc1cc(C)cc(C)c1N.[B]CCC(CNC=C=C)c1cc(C)c(C)c(-c2ccnc3ccccc23)n1. The number of hydrogen-bond donors (Lipinski definition) is 3. The molecular formula is C47H73BN6. The van der Waals surface area contributed by atoms with Crippen molar-refractivity contribution in [3.8, 4) is 23.7 Å². The Hall–Kier alpha value is -4.79. The number of hydrogen-bond acceptors (Lipinski definition) is 6. The minimum Gasteiger partial charge on any atom is -0.398 e. The van der Waals surface area contributed by atoms with E-state index in [-0.39, 0.29) is 5.92 Å². The zero-order valence-electron chi connectivity index (χ0n) is 36.2. The Balaban J connectivity index is -0.000000806. The van der Waals surface area contributed by atoms with E-state index < -0.39 is 0 Å². The molecule has 0 aliphatic carbocycles. The van der Waals surface area contributed by atoms with Gasteiger partial charge in [0.05, 0.1) is 19.1 Å². The monoisotopic (exact) mass is 733 g/mol. The van der Waals surface area contributed by atoms with Crippen molar-refractivity contribution in [1.29, 1.82) is 0 Å². The van der Waals surface area contributed by atoms with Crippen molar-refractivity contribution in [1.82, 2.24) is 15.3 Å². The molecule has 0 aliphatic heterocycles. The Kier molecular flexibility index (Phi) is 35.0. The van der Waals surface area contributed by atoms with E-state index in [9.17, 15) is 0 Å². The lowest BCUT2D eigenvalue weighted by Crippen LogP contribution is -2.18. The van der Waals surface area contributed by atoms with Crippen LogP contribution in [-0.2, 0) is 0 Å². The number of terminal acetylenes is 1. The van der Waals surface area contributed by atoms with E-state index in [0.717, 1.165) is 70.6 Å². The summed E-state index contributed by atoms with van der Waals surface area (Å²) in [6.07, 6.45) is 14.9. The molecule has 0 saturated heterocycles. The van der Waals surface area contributed by atoms with Crippen LogP contribution in [0.5, 0.6) is 0 Å². The second kappa shape index (κ2) is 35.3. The van der Waals surface area contributed by atoms with Gasteiger partial charge in [-0.1, -0.05) is 131 Å². The third-order valence-corrected chi connectivity index (χ3v) is 7.10. The summed E-state index contributed by atoms with van der Waals surface area (Å²) in [7, 11) is 5.86. The number of pyridine rings is 2. The number of nitrogens with two attached hydrogens (primary N) is 2. The molecular weight excluding hydrogens is 659 g/mol. The molecule has 6 nitrogen and oxygen atoms in total. The van der Waals surface area contributed by atoms with Crippen LogP contribution in [0.3, 0.4) is 0 Å². The summed E-state index contributed by atoms with van der Waals surface area (Å²) < 4.78 is 0. The quantitative estimate of drug-likeness (QED) is 0.0376. The minimum absolute atomic E-state index is 0.228. The van der Waals surface area contributed by atoms with Gasteiger partial charge in [0.25, 0.3) is 0 Å². The Morgan fingerprint density at radius 1 is 0.944 bits per heavy atom. The van der Waals surface area contributed by atoms with Crippen LogP contribution in [0, 0.1) is 40.2 Å². The Morgan fingerprint density at radius 2 is 1.54 bits per heavy atom. The molecule has 2 heterocycles. The number of fused-ring (bicyclic) bond motifs is 1. The maximum atomic E-state index is 5.94. The molecule has 5 N–H and O–H groups in total. The number of nitrogen functional groups attached to an aromatic ring is 1. The fourth-order valence-electron chi connectivity index (χ4n) is 4.78. The highest BCUT2D eigenvalue weighted by molar-refractivity contribution is 6.08. The summed E-state index contributed by atoms with van der Waals surface area (Å²) in [6, 6.07) is 18.3. The van der Waals surface area contributed by atoms with Gasteiger partial charge in [-0.25, -0.2) is 0 Å². The lowest BCUT2D eigenvalue weighted by atomic mass is 9.89. The molecule has 1 atom stereocenters. The van der Waals surface area contributed by atoms with Crippen LogP contribution in [0.25, 0.3) is 22.2 Å². The summed E-state index contributed by atoms with van der Waals surface area (Å²) in [6.45, 7) is 32.2. The Morgan fingerprint density at radius 3 is 2.09 bits per heavy atom. The molecule has 2 radical (unpaired) electrons. The molecule has 2 aromatic heterocycles. The van der Waals surface area contributed by atoms with E-state index in [2.05, 4.69) is 125 Å². The van der Waals surface area contributed by atoms with Crippen LogP contribution in [-0.4, -0.2) is 37.1 Å². The lowest BCUT2D eigenvalue weighted by molar-refractivity contribution is 0.611. The van der Waals surface area contributed by atoms with E-state index >= 15 is 0 Å². The number of anilines is 1. The number of nitrogens with zero attached hydrogens (tertiary/aromatic N) is 3. The van der Waals surface area contributed by atoms with Gasteiger partial charge in [0.1, 0.15) is 0 Å². The predicted octanol–water partition coefficient (Wildman–Crippen LogP) is 12.0. The fraction of sp³-hybridized carbons (Fsp3) is 0.447. The number of benzene rings is 2. The van der Waals surface area contributed by atoms with Gasteiger partial charge in [-0.2, -0.15) is 0 Å². The first-order valence-corrected chi connectivity index (χ1v) is 19.7. The third-order valence-electron chi connectivity index (χ3n) is 7.10. The number of para-hydroxylation sites is 1. The number of nitrogens with one attached hydrogen (secondary N) is 1. The van der Waals surface area contributed by atoms with E-state index in [1.807, 2.05) is 65.2 Å². The molecule has 1 unspecified atom stereocenters. The van der Waals surface area contributed by atoms with Crippen LogP contribution >= 0.6 is 0 Å². The summed E-state index contributed by atoms with van der Waals surface area (Å²) >= 11 is 0. The summed E-state index contributed by atoms with van der Waals surface area (Å²) in [4.78, 5) is 13.9. The predicted molar refractivity (Wildman–Crippen MR) is 245 cm³/mol. The van der Waals surface area contributed by atoms with Gasteiger partial charge >= 0.3 is 0 Å². The van der Waals surface area contributed by atoms with Gasteiger partial charge in [0.15, 0.2) is 0 Å². The zero-order chi connectivity index (χ0) is 41.9. The summed E-state index contributed by atoms with van der Waals surface area (Å²) in [5, 5.41) is 4.36. The van der Waals surface area contributed by atoms with Gasteiger partial charge in [-0.3, -0.25) is 15.0 Å². The van der Waals surface area contributed by atoms with Crippen molar-refractivity contribution < 1.29 is 0 Å². The smallest absolute Gasteiger partial charge is 0.0744 e. The first-order valence-electron chi connectivity index (χ1n) is 19.7. The van der Waals surface area contributed by atoms with E-state index in [1.165, 1.54) is 29.5 Å². The molecule has 0 spiro atoms. The molecule has 2 aromatic carbocycles. The molecule has 0 fully saturated rings. The molecule has 294 valence electrons. The van der Waals surface area contributed by atoms with Crippen molar-refractivity contribution in [2.24, 2.45) is 10.7 Å². The maximum absolute atomic E-state index is 5.94. The number of aromatic nitrogens is 2. The van der Waals surface area contributed by atoms with Crippen molar-refractivity contribution in [3.05, 3.63) is 107 Å². The van der Waals surface area contributed by atoms with Crippen LogP contribution in [0.4, 0.5) is 5.69 Å². The molecule has 0 amide bonds. The molecule has 0 bridgehead atoms. The van der Waals surface area contributed by atoms with Gasteiger partial charge in [0, 0.05) is 65.5 Å². The van der Waals surface area contributed by atoms with Crippen LogP contribution < -0.4 is 16.8 Å². The second-order valence-electron chi connectivity index (χ2n) is 11.9. The first-order chi connectivity index (χ1) is 26.0. The number of aliphatic imine (C=N–C) groups is 1. The topological polar surface area (TPSA) is 102 Å². The van der Waals surface area contributed by atoms with Crippen LogP contribution in [0.2, 0.25) is 6.32 Å². The third kappa shape index (κ3) is 21.0. The normalized spacial score (nSPS) is 9.78. The van der Waals surface area contributed by atoms with Crippen molar-refractivity contribution in [2.45, 2.75) is 128 Å². The Bertz CT molecular complexity index is 1660. The second-order valence-corrected chi connectivity index (χ2v) is 11.9. The first kappa shape index (κ1) is 53.6. The summed E-state index contributed by atoms with van der Waals surface area (Å²) in [5.41, 5.74) is 23.9. The van der Waals surface area contributed by atoms with Gasteiger partial charge in [-0.15, -0.1) is 5.73 Å². The lowest BCUT2D eigenvalue weighted by Gasteiger charge is -2.19. The average Bonchev–Trinajstić information content (AvgIpc) is 3.17. The van der Waals surface area contributed by atoms with Crippen molar-refractivity contribution >= 4 is 30.7 Å². The Labute approximate surface area is 332 Å². The standard InChI is InChI=1S/C23H24BN3.C12H18N2.2C3H8.C2H3N.2C2H6/c1-4-12-25-15-18(9-11-24)22-14-16(2)17(3)23(27-22)20-10-13-26-21-8-6-5-7-19(20)21;1-4-5-14-8-11-7-9(2)6-10(3)12(11)13;2*1-3-2;1-2-3;2*1-2/h5-8,10,12-14,18,25H,1,9,11,15H2,2-3H3;6-8H,4-5,13H2,1-3H3;2*3H2,1-2H3;1H,3H2;2*1-2H3. The van der Waals surface area contributed by atoms with Crippen LogP contribution in [0.1, 0.15) is 127 Å². The highest BCUT2D eigenvalue weighted by atomic mass is 14.8. The largest absolute Gasteiger partial charge is 0.398 e. The summed E-state index contributed by atoms with van der Waals surface area (Å²) in [5.74, 6) is 0.228. The molecule has 0 aliphatic rings. The fourth-order valence-corrected chi connectivity index (χ4v) is 4.78. The number of rotatable bonds is 10. The molecule has 4 aromatic rings. The van der Waals surface area contributed by atoms with Crippen LogP contribution in [0.15, 0.2) is 78.2 Å². The number of aryl methyl sites for hydroxylation is 3. The van der Waals surface area contributed by atoms with E-state index in [1.54, 1.807) is 12.2 Å². The average molecular weight is 733 g/mol. The zero-order valence-corrected chi connectivity index (χ0v) is 36.2. The molecule has 7 heteroatoms. The van der Waals surface area contributed by atoms with E-state index in [4.69, 9.17) is 18.6 Å². The molecule has 54 heavy (non-hydrogen) atoms. The highest BCUT2D eigenvalue weighted by Crippen LogP contribution is 2.32. The van der Waals surface area contributed by atoms with Crippen molar-refractivity contribution in [3.63, 3.8) is 0 Å². The highest BCUT2D eigenvalue weighted by Gasteiger charge is 2.17. The molecule has 0 saturated carbocycles. The van der Waals surface area contributed by atoms with Gasteiger partial charge in [-0.05, 0) is 81.1 Å². The minimum atomic E-state index is 0.228. The maximum Gasteiger partial charge on any atom is 0.0744 e. The van der Waals surface area contributed by atoms with E-state index in [0.29, 0.717) is 6.32 Å². The van der Waals surface area contributed by atoms with Crippen molar-refractivity contribution in [2.75, 3.05) is 18.8 Å². The van der Waals surface area contributed by atoms with Gasteiger partial charge in [0.2, 0.25) is 0 Å². The molecule has 4 rings (SSSR count).